The SMILES string of the molecule is CCCN(C1CCC(N)CC1)S(=O)(=O)CCC(=O)O. The molecule has 0 radical (unpaired) electrons. The summed E-state index contributed by atoms with van der Waals surface area (Å²) >= 11 is 0. The molecule has 0 bridgehead atoms. The Bertz CT molecular complexity index is 389. The number of nitrogens with two attached hydrogens (primary N) is 1. The molecule has 19 heavy (non-hydrogen) atoms. The number of hydrogen-bond donors (Lipinski definition) is 2. The van der Waals surface area contributed by atoms with Gasteiger partial charge in [0.25, 0.3) is 0 Å². The molecule has 1 saturated carbocycles. The summed E-state index contributed by atoms with van der Waals surface area (Å²) in [6.07, 6.45) is 3.60. The van der Waals surface area contributed by atoms with Crippen LogP contribution in [-0.4, -0.2) is 48.2 Å². The third-order valence-electron chi connectivity index (χ3n) is 3.52. The van der Waals surface area contributed by atoms with Crippen molar-refractivity contribution in [3.05, 3.63) is 0 Å². The summed E-state index contributed by atoms with van der Waals surface area (Å²) < 4.78 is 26.0. The number of aliphatic carboxylic acids is 1. The Morgan fingerprint density at radius 3 is 2.37 bits per heavy atom. The van der Waals surface area contributed by atoms with Gasteiger partial charge in [0, 0.05) is 18.6 Å². The fourth-order valence-corrected chi connectivity index (χ4v) is 4.29. The summed E-state index contributed by atoms with van der Waals surface area (Å²) in [5.41, 5.74) is 5.83. The standard InChI is InChI=1S/C12H24N2O4S/c1-2-8-14(11-5-3-10(13)4-6-11)19(17,18)9-7-12(15)16/h10-11H,2-9,13H2,1H3,(H,15,16). The highest BCUT2D eigenvalue weighted by Crippen LogP contribution is 2.25. The smallest absolute Gasteiger partial charge is 0.304 e. The van der Waals surface area contributed by atoms with E-state index in [4.69, 9.17) is 10.8 Å². The molecule has 0 unspecified atom stereocenters. The Morgan fingerprint density at radius 1 is 1.32 bits per heavy atom. The molecule has 0 saturated heterocycles. The maximum atomic E-state index is 12.2. The maximum absolute atomic E-state index is 12.2. The molecule has 0 atom stereocenters. The van der Waals surface area contributed by atoms with Gasteiger partial charge in [-0.05, 0) is 32.1 Å². The van der Waals surface area contributed by atoms with E-state index in [-0.39, 0.29) is 24.3 Å². The highest BCUT2D eigenvalue weighted by atomic mass is 32.2. The number of carboxylic acid groups (broad SMARTS) is 1. The third-order valence-corrected chi connectivity index (χ3v) is 5.44. The molecule has 0 aromatic rings. The van der Waals surface area contributed by atoms with Crippen molar-refractivity contribution >= 4 is 16.0 Å². The molecule has 0 aromatic heterocycles. The molecule has 1 aliphatic carbocycles. The quantitative estimate of drug-likeness (QED) is 0.722. The summed E-state index contributed by atoms with van der Waals surface area (Å²) in [6, 6.07) is 0.153. The Hall–Kier alpha value is -0.660. The largest absolute Gasteiger partial charge is 0.481 e. The predicted octanol–water partition coefficient (Wildman–Crippen LogP) is 0.773. The lowest BCUT2D eigenvalue weighted by atomic mass is 9.92. The maximum Gasteiger partial charge on any atom is 0.304 e. The Labute approximate surface area is 115 Å². The minimum atomic E-state index is -3.49. The first-order valence-electron chi connectivity index (χ1n) is 6.83. The van der Waals surface area contributed by atoms with Gasteiger partial charge in [0.1, 0.15) is 0 Å². The second kappa shape index (κ2) is 7.21. The van der Waals surface area contributed by atoms with Crippen LogP contribution in [0, 0.1) is 0 Å². The highest BCUT2D eigenvalue weighted by molar-refractivity contribution is 7.89. The molecule has 7 heteroatoms. The van der Waals surface area contributed by atoms with Crippen LogP contribution in [0.2, 0.25) is 0 Å². The van der Waals surface area contributed by atoms with E-state index in [1.807, 2.05) is 6.92 Å². The van der Waals surface area contributed by atoms with Crippen molar-refractivity contribution in [2.24, 2.45) is 5.73 Å². The number of sulfonamides is 1. The van der Waals surface area contributed by atoms with Crippen molar-refractivity contribution < 1.29 is 18.3 Å². The second-order valence-electron chi connectivity index (χ2n) is 5.14. The molecule has 6 nitrogen and oxygen atoms in total. The van der Waals surface area contributed by atoms with Gasteiger partial charge in [-0.3, -0.25) is 4.79 Å². The van der Waals surface area contributed by atoms with Crippen LogP contribution < -0.4 is 5.73 Å². The van der Waals surface area contributed by atoms with E-state index in [1.165, 1.54) is 4.31 Å². The molecule has 1 aliphatic rings. The van der Waals surface area contributed by atoms with E-state index in [0.29, 0.717) is 6.54 Å². The van der Waals surface area contributed by atoms with E-state index in [1.54, 1.807) is 0 Å². The molecule has 0 heterocycles. The van der Waals surface area contributed by atoms with Crippen LogP contribution in [0.15, 0.2) is 0 Å². The molecule has 0 spiro atoms. The summed E-state index contributed by atoms with van der Waals surface area (Å²) in [5, 5.41) is 8.63. The van der Waals surface area contributed by atoms with Crippen LogP contribution in [0.3, 0.4) is 0 Å². The lowest BCUT2D eigenvalue weighted by Crippen LogP contribution is -2.45. The molecule has 112 valence electrons. The highest BCUT2D eigenvalue weighted by Gasteiger charge is 2.31. The zero-order valence-corrected chi connectivity index (χ0v) is 12.2. The molecule has 0 aliphatic heterocycles. The van der Waals surface area contributed by atoms with Crippen LogP contribution in [0.5, 0.6) is 0 Å². The summed E-state index contributed by atoms with van der Waals surface area (Å²) in [4.78, 5) is 10.5. The lowest BCUT2D eigenvalue weighted by molar-refractivity contribution is -0.136. The van der Waals surface area contributed by atoms with Gasteiger partial charge in [-0.2, -0.15) is 4.31 Å². The van der Waals surface area contributed by atoms with Crippen molar-refractivity contribution in [1.82, 2.24) is 4.31 Å². The van der Waals surface area contributed by atoms with Gasteiger partial charge >= 0.3 is 5.97 Å². The number of carboxylic acids is 1. The zero-order valence-electron chi connectivity index (χ0n) is 11.4. The molecular weight excluding hydrogens is 268 g/mol. The first kappa shape index (κ1) is 16.4. The lowest BCUT2D eigenvalue weighted by Gasteiger charge is -2.35. The number of carbonyl (C=O) groups is 1. The molecule has 0 aromatic carbocycles. The van der Waals surface area contributed by atoms with Gasteiger partial charge in [0.05, 0.1) is 12.2 Å². The van der Waals surface area contributed by atoms with E-state index in [2.05, 4.69) is 0 Å². The fraction of sp³-hybridized carbons (Fsp3) is 0.917. The van der Waals surface area contributed by atoms with Crippen LogP contribution >= 0.6 is 0 Å². The first-order valence-corrected chi connectivity index (χ1v) is 8.44. The Morgan fingerprint density at radius 2 is 1.89 bits per heavy atom. The van der Waals surface area contributed by atoms with Crippen molar-refractivity contribution in [2.75, 3.05) is 12.3 Å². The summed E-state index contributed by atoms with van der Waals surface area (Å²) in [6.45, 7) is 2.39. The average Bonchev–Trinajstić information content (AvgIpc) is 2.35. The first-order chi connectivity index (χ1) is 8.86. The van der Waals surface area contributed by atoms with Crippen LogP contribution in [0.25, 0.3) is 0 Å². The van der Waals surface area contributed by atoms with Crippen molar-refractivity contribution in [2.45, 2.75) is 57.5 Å². The molecule has 1 rings (SSSR count). The number of rotatable bonds is 7. The molecular formula is C12H24N2O4S. The van der Waals surface area contributed by atoms with E-state index in [9.17, 15) is 13.2 Å². The fourth-order valence-electron chi connectivity index (χ4n) is 2.49. The Kier molecular flexibility index (Phi) is 6.22. The van der Waals surface area contributed by atoms with Gasteiger partial charge in [0.15, 0.2) is 0 Å². The topological polar surface area (TPSA) is 101 Å². The van der Waals surface area contributed by atoms with Crippen molar-refractivity contribution in [3.63, 3.8) is 0 Å². The normalized spacial score (nSPS) is 24.6. The minimum absolute atomic E-state index is 0.0152. The third kappa shape index (κ3) is 5.08. The monoisotopic (exact) mass is 292 g/mol. The van der Waals surface area contributed by atoms with Gasteiger partial charge in [0.2, 0.25) is 10.0 Å². The number of hydrogen-bond acceptors (Lipinski definition) is 4. The van der Waals surface area contributed by atoms with Crippen molar-refractivity contribution in [1.29, 1.82) is 0 Å². The van der Waals surface area contributed by atoms with E-state index >= 15 is 0 Å². The van der Waals surface area contributed by atoms with E-state index in [0.717, 1.165) is 32.1 Å². The molecule has 0 amide bonds. The number of nitrogens with zero attached hydrogens (tertiary/aromatic N) is 1. The predicted molar refractivity (Wildman–Crippen MR) is 73.3 cm³/mol. The van der Waals surface area contributed by atoms with Gasteiger partial charge in [-0.25, -0.2) is 8.42 Å². The van der Waals surface area contributed by atoms with Crippen LogP contribution in [0.4, 0.5) is 0 Å². The second-order valence-corrected chi connectivity index (χ2v) is 7.18. The van der Waals surface area contributed by atoms with Crippen LogP contribution in [0.1, 0.15) is 45.4 Å². The zero-order chi connectivity index (χ0) is 14.5. The summed E-state index contributed by atoms with van der Waals surface area (Å²) in [5.74, 6) is -1.39. The molecule has 3 N–H and O–H groups in total. The summed E-state index contributed by atoms with van der Waals surface area (Å²) in [7, 11) is -3.49. The van der Waals surface area contributed by atoms with E-state index < -0.39 is 16.0 Å². The average molecular weight is 292 g/mol. The van der Waals surface area contributed by atoms with Crippen molar-refractivity contribution in [3.8, 4) is 0 Å². The Balaban J connectivity index is 2.72. The molecule has 1 fully saturated rings. The van der Waals surface area contributed by atoms with Crippen LogP contribution in [-0.2, 0) is 14.8 Å². The van der Waals surface area contributed by atoms with Gasteiger partial charge in [-0.1, -0.05) is 6.92 Å². The van der Waals surface area contributed by atoms with Gasteiger partial charge in [-0.15, -0.1) is 0 Å². The minimum Gasteiger partial charge on any atom is -0.481 e. The van der Waals surface area contributed by atoms with Gasteiger partial charge < -0.3 is 10.8 Å².